The molecule has 0 radical (unpaired) electrons. The molecule has 2 aliphatic rings. The van der Waals surface area contributed by atoms with Crippen LogP contribution in [0.15, 0.2) is 18.2 Å². The molecular formula is C17H22N2O4S. The smallest absolute Gasteiger partial charge is 0.228 e. The number of carbonyl (C=O) groups is 2. The third-order valence-corrected chi connectivity index (χ3v) is 6.67. The SMILES string of the molecule is Cc1cccc(NC(=O)C2CC2C(=O)NC2CCS(=O)(=O)C2)c1C. The standard InChI is InChI=1S/C17H22N2O4S/c1-10-4-3-5-15(11(10)2)19-17(21)14-8-13(14)16(20)18-12-6-7-24(22,23)9-12/h3-5,12-14H,6-9H2,1-2H3,(H,18,20)(H,19,21). The lowest BCUT2D eigenvalue weighted by Crippen LogP contribution is -2.37. The van der Waals surface area contributed by atoms with Gasteiger partial charge in [0.2, 0.25) is 11.8 Å². The Balaban J connectivity index is 1.54. The summed E-state index contributed by atoms with van der Waals surface area (Å²) < 4.78 is 22.9. The summed E-state index contributed by atoms with van der Waals surface area (Å²) in [5.41, 5.74) is 2.89. The van der Waals surface area contributed by atoms with Crippen LogP contribution in [0.25, 0.3) is 0 Å². The molecule has 2 N–H and O–H groups in total. The molecule has 1 aromatic rings. The molecule has 1 saturated heterocycles. The van der Waals surface area contributed by atoms with Crippen molar-refractivity contribution in [2.24, 2.45) is 11.8 Å². The number of benzene rings is 1. The summed E-state index contributed by atoms with van der Waals surface area (Å²) in [7, 11) is -3.02. The van der Waals surface area contributed by atoms with Crippen LogP contribution in [0.2, 0.25) is 0 Å². The van der Waals surface area contributed by atoms with Crippen molar-refractivity contribution >= 4 is 27.3 Å². The van der Waals surface area contributed by atoms with Gasteiger partial charge in [-0.05, 0) is 43.9 Å². The van der Waals surface area contributed by atoms with E-state index < -0.39 is 9.84 Å². The van der Waals surface area contributed by atoms with E-state index >= 15 is 0 Å². The summed E-state index contributed by atoms with van der Waals surface area (Å²) in [6, 6.07) is 5.40. The van der Waals surface area contributed by atoms with Gasteiger partial charge in [-0.2, -0.15) is 0 Å². The fourth-order valence-corrected chi connectivity index (χ4v) is 4.78. The van der Waals surface area contributed by atoms with Gasteiger partial charge in [0.15, 0.2) is 9.84 Å². The number of hydrogen-bond acceptors (Lipinski definition) is 4. The molecular weight excluding hydrogens is 328 g/mol. The molecule has 0 spiro atoms. The van der Waals surface area contributed by atoms with Crippen molar-refractivity contribution in [1.29, 1.82) is 0 Å². The minimum absolute atomic E-state index is 0.00477. The van der Waals surface area contributed by atoms with Gasteiger partial charge in [-0.3, -0.25) is 9.59 Å². The first-order valence-electron chi connectivity index (χ1n) is 8.15. The zero-order valence-corrected chi connectivity index (χ0v) is 14.7. The highest BCUT2D eigenvalue weighted by Crippen LogP contribution is 2.40. The molecule has 2 amide bonds. The van der Waals surface area contributed by atoms with Crippen molar-refractivity contribution in [2.75, 3.05) is 16.8 Å². The van der Waals surface area contributed by atoms with E-state index in [0.717, 1.165) is 16.8 Å². The molecule has 1 aliphatic carbocycles. The molecule has 1 aromatic carbocycles. The normalized spacial score (nSPS) is 27.5. The number of aryl methyl sites for hydroxylation is 1. The first-order chi connectivity index (χ1) is 11.3. The van der Waals surface area contributed by atoms with Gasteiger partial charge in [0.25, 0.3) is 0 Å². The summed E-state index contributed by atoms with van der Waals surface area (Å²) in [6.45, 7) is 3.93. The molecule has 3 rings (SSSR count). The van der Waals surface area contributed by atoms with Gasteiger partial charge in [0.05, 0.1) is 23.3 Å². The van der Waals surface area contributed by atoms with E-state index in [1.54, 1.807) is 0 Å². The summed E-state index contributed by atoms with van der Waals surface area (Å²) in [4.78, 5) is 24.5. The van der Waals surface area contributed by atoms with Gasteiger partial charge in [-0.15, -0.1) is 0 Å². The fraction of sp³-hybridized carbons (Fsp3) is 0.529. The highest BCUT2D eigenvalue weighted by atomic mass is 32.2. The largest absolute Gasteiger partial charge is 0.352 e. The first kappa shape index (κ1) is 17.0. The molecule has 24 heavy (non-hydrogen) atoms. The Morgan fingerprint density at radius 3 is 2.50 bits per heavy atom. The van der Waals surface area contributed by atoms with Crippen LogP contribution in [0.3, 0.4) is 0 Å². The molecule has 1 heterocycles. The topological polar surface area (TPSA) is 92.3 Å². The number of nitrogens with one attached hydrogen (secondary N) is 2. The number of sulfone groups is 1. The van der Waals surface area contributed by atoms with Gasteiger partial charge in [0, 0.05) is 11.7 Å². The summed E-state index contributed by atoms with van der Waals surface area (Å²) >= 11 is 0. The van der Waals surface area contributed by atoms with Crippen molar-refractivity contribution in [3.8, 4) is 0 Å². The maximum Gasteiger partial charge on any atom is 0.228 e. The molecule has 6 nitrogen and oxygen atoms in total. The molecule has 0 bridgehead atoms. The average Bonchev–Trinajstić information content (AvgIpc) is 3.24. The number of hydrogen-bond donors (Lipinski definition) is 2. The minimum Gasteiger partial charge on any atom is -0.352 e. The number of anilines is 1. The molecule has 3 atom stereocenters. The molecule has 7 heteroatoms. The predicted octanol–water partition coefficient (Wildman–Crippen LogP) is 1.18. The summed E-state index contributed by atoms with van der Waals surface area (Å²) in [6.07, 6.45) is 0.974. The average molecular weight is 350 g/mol. The zero-order chi connectivity index (χ0) is 17.5. The van der Waals surface area contributed by atoms with Crippen LogP contribution in [0.4, 0.5) is 5.69 Å². The van der Waals surface area contributed by atoms with E-state index in [1.165, 1.54) is 0 Å². The number of carbonyl (C=O) groups excluding carboxylic acids is 2. The Bertz CT molecular complexity index is 788. The van der Waals surface area contributed by atoms with Crippen LogP contribution in [-0.2, 0) is 19.4 Å². The minimum atomic E-state index is -3.02. The second-order valence-electron chi connectivity index (χ2n) is 6.79. The predicted molar refractivity (Wildman–Crippen MR) is 91.3 cm³/mol. The molecule has 130 valence electrons. The molecule has 3 unspecified atom stereocenters. The van der Waals surface area contributed by atoms with Gasteiger partial charge in [-0.1, -0.05) is 12.1 Å². The molecule has 1 saturated carbocycles. The number of rotatable bonds is 4. The molecule has 2 fully saturated rings. The Kier molecular flexibility index (Phi) is 4.38. The Labute approximate surface area is 141 Å². The Morgan fingerprint density at radius 1 is 1.12 bits per heavy atom. The third kappa shape index (κ3) is 3.61. The highest BCUT2D eigenvalue weighted by Gasteiger charge is 2.48. The third-order valence-electron chi connectivity index (χ3n) is 4.91. The van der Waals surface area contributed by atoms with E-state index in [9.17, 15) is 18.0 Å². The van der Waals surface area contributed by atoms with Crippen LogP contribution < -0.4 is 10.6 Å². The van der Waals surface area contributed by atoms with Gasteiger partial charge in [0.1, 0.15) is 0 Å². The monoisotopic (exact) mass is 350 g/mol. The van der Waals surface area contributed by atoms with E-state index in [-0.39, 0.29) is 41.2 Å². The van der Waals surface area contributed by atoms with Gasteiger partial charge < -0.3 is 10.6 Å². The second-order valence-corrected chi connectivity index (χ2v) is 9.02. The Hall–Kier alpha value is -1.89. The molecule has 1 aliphatic heterocycles. The van der Waals surface area contributed by atoms with E-state index in [1.807, 2.05) is 32.0 Å². The van der Waals surface area contributed by atoms with Crippen molar-refractivity contribution in [3.05, 3.63) is 29.3 Å². The van der Waals surface area contributed by atoms with Crippen LogP contribution >= 0.6 is 0 Å². The maximum atomic E-state index is 12.3. The van der Waals surface area contributed by atoms with Crippen molar-refractivity contribution in [1.82, 2.24) is 5.32 Å². The van der Waals surface area contributed by atoms with Crippen LogP contribution in [-0.4, -0.2) is 37.8 Å². The van der Waals surface area contributed by atoms with E-state index in [2.05, 4.69) is 10.6 Å². The van der Waals surface area contributed by atoms with E-state index in [4.69, 9.17) is 0 Å². The lowest BCUT2D eigenvalue weighted by Gasteiger charge is -2.12. The van der Waals surface area contributed by atoms with Crippen LogP contribution in [0.5, 0.6) is 0 Å². The van der Waals surface area contributed by atoms with Crippen molar-refractivity contribution < 1.29 is 18.0 Å². The zero-order valence-electron chi connectivity index (χ0n) is 13.8. The molecule has 0 aromatic heterocycles. The van der Waals surface area contributed by atoms with E-state index in [0.29, 0.717) is 12.8 Å². The summed E-state index contributed by atoms with van der Waals surface area (Å²) in [5.74, 6) is -0.910. The quantitative estimate of drug-likeness (QED) is 0.853. The Morgan fingerprint density at radius 2 is 1.83 bits per heavy atom. The maximum absolute atomic E-state index is 12.3. The van der Waals surface area contributed by atoms with Gasteiger partial charge in [-0.25, -0.2) is 8.42 Å². The lowest BCUT2D eigenvalue weighted by atomic mass is 10.1. The first-order valence-corrected chi connectivity index (χ1v) is 9.97. The van der Waals surface area contributed by atoms with Gasteiger partial charge >= 0.3 is 0 Å². The van der Waals surface area contributed by atoms with Crippen LogP contribution in [0.1, 0.15) is 24.0 Å². The number of amides is 2. The fourth-order valence-electron chi connectivity index (χ4n) is 3.10. The second kappa shape index (κ2) is 6.20. The van der Waals surface area contributed by atoms with Crippen LogP contribution in [0, 0.1) is 25.7 Å². The highest BCUT2D eigenvalue weighted by molar-refractivity contribution is 7.91. The lowest BCUT2D eigenvalue weighted by molar-refractivity contribution is -0.125. The summed E-state index contributed by atoms with van der Waals surface area (Å²) in [5, 5.41) is 5.66. The van der Waals surface area contributed by atoms with Crippen molar-refractivity contribution in [3.63, 3.8) is 0 Å². The van der Waals surface area contributed by atoms with Crippen molar-refractivity contribution in [2.45, 2.75) is 32.7 Å².